The first kappa shape index (κ1) is 18.6. The Kier molecular flexibility index (Phi) is 6.16. The Bertz CT molecular complexity index is 867. The molecule has 3 rings (SSSR count). The van der Waals surface area contributed by atoms with Gasteiger partial charge < -0.3 is 14.4 Å². The SMILES string of the molecule is COc1ccc(C(=Cc2ccc(OCc3ccccc3)cc2)N(C)C)cc1. The standard InChI is InChI=1S/C24H25NO2/c1-25(2)24(21-11-15-22(26-3)16-12-21)17-19-9-13-23(14-10-19)27-18-20-7-5-4-6-8-20/h4-17H,18H2,1-3H3. The van der Waals surface area contributed by atoms with Crippen LogP contribution in [0.25, 0.3) is 11.8 Å². The molecule has 0 saturated carbocycles. The lowest BCUT2D eigenvalue weighted by Gasteiger charge is -2.18. The molecule has 3 aromatic rings. The minimum atomic E-state index is 0.574. The Morgan fingerprint density at radius 2 is 1.44 bits per heavy atom. The van der Waals surface area contributed by atoms with Crippen LogP contribution in [0.5, 0.6) is 11.5 Å². The fourth-order valence-corrected chi connectivity index (χ4v) is 2.79. The lowest BCUT2D eigenvalue weighted by molar-refractivity contribution is 0.306. The van der Waals surface area contributed by atoms with Crippen molar-refractivity contribution in [2.75, 3.05) is 21.2 Å². The first-order valence-corrected chi connectivity index (χ1v) is 8.96. The topological polar surface area (TPSA) is 21.7 Å². The van der Waals surface area contributed by atoms with Crippen molar-refractivity contribution in [1.29, 1.82) is 0 Å². The number of hydrogen-bond donors (Lipinski definition) is 0. The summed E-state index contributed by atoms with van der Waals surface area (Å²) >= 11 is 0. The Morgan fingerprint density at radius 3 is 2.04 bits per heavy atom. The highest BCUT2D eigenvalue weighted by Crippen LogP contribution is 2.24. The smallest absolute Gasteiger partial charge is 0.119 e. The molecule has 3 heteroatoms. The van der Waals surface area contributed by atoms with Gasteiger partial charge in [0.1, 0.15) is 18.1 Å². The van der Waals surface area contributed by atoms with Crippen LogP contribution in [0.2, 0.25) is 0 Å². The maximum absolute atomic E-state index is 5.86. The van der Waals surface area contributed by atoms with Crippen LogP contribution >= 0.6 is 0 Å². The van der Waals surface area contributed by atoms with Gasteiger partial charge in [-0.15, -0.1) is 0 Å². The quantitative estimate of drug-likeness (QED) is 0.532. The minimum Gasteiger partial charge on any atom is -0.497 e. The zero-order valence-electron chi connectivity index (χ0n) is 16.1. The summed E-state index contributed by atoms with van der Waals surface area (Å²) < 4.78 is 11.1. The number of ether oxygens (including phenoxy) is 2. The Labute approximate surface area is 161 Å². The largest absolute Gasteiger partial charge is 0.497 e. The molecule has 0 bridgehead atoms. The second-order valence-electron chi connectivity index (χ2n) is 6.50. The van der Waals surface area contributed by atoms with E-state index in [4.69, 9.17) is 9.47 Å². The summed E-state index contributed by atoms with van der Waals surface area (Å²) in [6.07, 6.45) is 2.17. The molecule has 27 heavy (non-hydrogen) atoms. The van der Waals surface area contributed by atoms with E-state index in [1.165, 1.54) is 0 Å². The van der Waals surface area contributed by atoms with Crippen molar-refractivity contribution < 1.29 is 9.47 Å². The van der Waals surface area contributed by atoms with Crippen LogP contribution in [0.3, 0.4) is 0 Å². The molecule has 0 radical (unpaired) electrons. The molecule has 3 nitrogen and oxygen atoms in total. The summed E-state index contributed by atoms with van der Waals surface area (Å²) in [5.41, 5.74) is 4.57. The Balaban J connectivity index is 1.73. The molecule has 138 valence electrons. The maximum atomic E-state index is 5.86. The van der Waals surface area contributed by atoms with Gasteiger partial charge in [0.05, 0.1) is 7.11 Å². The predicted molar refractivity (Wildman–Crippen MR) is 112 cm³/mol. The minimum absolute atomic E-state index is 0.574. The molecule has 0 N–H and O–H groups in total. The van der Waals surface area contributed by atoms with Gasteiger partial charge in [-0.1, -0.05) is 42.5 Å². The Hall–Kier alpha value is -3.20. The number of hydrogen-bond acceptors (Lipinski definition) is 3. The fourth-order valence-electron chi connectivity index (χ4n) is 2.79. The van der Waals surface area contributed by atoms with Crippen LogP contribution in [0, 0.1) is 0 Å². The number of methoxy groups -OCH3 is 1. The molecule has 0 spiro atoms. The highest BCUT2D eigenvalue weighted by molar-refractivity contribution is 5.80. The van der Waals surface area contributed by atoms with E-state index in [9.17, 15) is 0 Å². The van der Waals surface area contributed by atoms with E-state index in [0.29, 0.717) is 6.61 Å². The summed E-state index contributed by atoms with van der Waals surface area (Å²) in [5.74, 6) is 1.73. The van der Waals surface area contributed by atoms with Gasteiger partial charge in [0.2, 0.25) is 0 Å². The van der Waals surface area contributed by atoms with Crippen molar-refractivity contribution in [3.8, 4) is 11.5 Å². The number of benzene rings is 3. The average molecular weight is 359 g/mol. The summed E-state index contributed by atoms with van der Waals surface area (Å²) in [6, 6.07) is 26.5. The van der Waals surface area contributed by atoms with Gasteiger partial charge in [-0.05, 0) is 59.2 Å². The molecule has 0 heterocycles. The lowest BCUT2D eigenvalue weighted by atomic mass is 10.1. The van der Waals surface area contributed by atoms with Crippen LogP contribution in [0.1, 0.15) is 16.7 Å². The van der Waals surface area contributed by atoms with E-state index in [-0.39, 0.29) is 0 Å². The van der Waals surface area contributed by atoms with E-state index >= 15 is 0 Å². The van der Waals surface area contributed by atoms with Gasteiger partial charge in [0, 0.05) is 19.8 Å². The third kappa shape index (κ3) is 5.14. The molecule has 0 aliphatic heterocycles. The molecular formula is C24H25NO2. The molecule has 0 saturated heterocycles. The molecule has 0 aliphatic carbocycles. The van der Waals surface area contributed by atoms with Crippen LogP contribution in [0.4, 0.5) is 0 Å². The third-order valence-electron chi connectivity index (χ3n) is 4.30. The van der Waals surface area contributed by atoms with E-state index in [1.54, 1.807) is 7.11 Å². The highest BCUT2D eigenvalue weighted by atomic mass is 16.5. The van der Waals surface area contributed by atoms with E-state index < -0.39 is 0 Å². The molecule has 0 aliphatic rings. The van der Waals surface area contributed by atoms with E-state index in [2.05, 4.69) is 47.4 Å². The molecule has 0 amide bonds. The molecule has 0 atom stereocenters. The van der Waals surface area contributed by atoms with Crippen molar-refractivity contribution in [2.45, 2.75) is 6.61 Å². The summed E-state index contributed by atoms with van der Waals surface area (Å²) in [5, 5.41) is 0. The van der Waals surface area contributed by atoms with Crippen LogP contribution in [0.15, 0.2) is 78.9 Å². The van der Waals surface area contributed by atoms with Crippen LogP contribution in [-0.4, -0.2) is 26.1 Å². The van der Waals surface area contributed by atoms with Crippen molar-refractivity contribution in [2.24, 2.45) is 0 Å². The third-order valence-corrected chi connectivity index (χ3v) is 4.30. The monoisotopic (exact) mass is 359 g/mol. The Morgan fingerprint density at radius 1 is 0.815 bits per heavy atom. The molecule has 3 aromatic carbocycles. The van der Waals surface area contributed by atoms with Crippen molar-refractivity contribution in [3.63, 3.8) is 0 Å². The van der Waals surface area contributed by atoms with E-state index in [1.807, 2.05) is 56.6 Å². The first-order chi connectivity index (χ1) is 13.2. The summed E-state index contributed by atoms with van der Waals surface area (Å²) in [6.45, 7) is 0.574. The zero-order chi connectivity index (χ0) is 19.1. The number of nitrogens with zero attached hydrogens (tertiary/aromatic N) is 1. The van der Waals surface area contributed by atoms with E-state index in [0.717, 1.165) is 33.9 Å². The predicted octanol–water partition coefficient (Wildman–Crippen LogP) is 5.33. The van der Waals surface area contributed by atoms with Crippen LogP contribution in [-0.2, 0) is 6.61 Å². The van der Waals surface area contributed by atoms with Crippen molar-refractivity contribution >= 4 is 11.8 Å². The van der Waals surface area contributed by atoms with Gasteiger partial charge in [-0.3, -0.25) is 0 Å². The van der Waals surface area contributed by atoms with Crippen molar-refractivity contribution in [3.05, 3.63) is 95.6 Å². The van der Waals surface area contributed by atoms with Gasteiger partial charge >= 0.3 is 0 Å². The van der Waals surface area contributed by atoms with Crippen molar-refractivity contribution in [1.82, 2.24) is 4.90 Å². The molecule has 0 unspecified atom stereocenters. The highest BCUT2D eigenvalue weighted by Gasteiger charge is 2.05. The normalized spacial score (nSPS) is 11.1. The van der Waals surface area contributed by atoms with Gasteiger partial charge in [0.25, 0.3) is 0 Å². The first-order valence-electron chi connectivity index (χ1n) is 8.96. The second-order valence-corrected chi connectivity index (χ2v) is 6.50. The summed E-state index contributed by atoms with van der Waals surface area (Å²) in [4.78, 5) is 2.11. The fraction of sp³-hybridized carbons (Fsp3) is 0.167. The average Bonchev–Trinajstić information content (AvgIpc) is 2.72. The molecular weight excluding hydrogens is 334 g/mol. The molecule has 0 fully saturated rings. The van der Waals surface area contributed by atoms with Crippen LogP contribution < -0.4 is 9.47 Å². The molecule has 0 aromatic heterocycles. The van der Waals surface area contributed by atoms with Gasteiger partial charge in [0.15, 0.2) is 0 Å². The van der Waals surface area contributed by atoms with Gasteiger partial charge in [-0.25, -0.2) is 0 Å². The zero-order valence-corrected chi connectivity index (χ0v) is 16.1. The maximum Gasteiger partial charge on any atom is 0.119 e. The summed E-state index contributed by atoms with van der Waals surface area (Å²) in [7, 11) is 5.78. The second kappa shape index (κ2) is 8.95. The lowest BCUT2D eigenvalue weighted by Crippen LogP contribution is -2.09. The van der Waals surface area contributed by atoms with Gasteiger partial charge in [-0.2, -0.15) is 0 Å². The number of rotatable bonds is 7.